The van der Waals surface area contributed by atoms with Gasteiger partial charge < -0.3 is 21.3 Å². The van der Waals surface area contributed by atoms with Crippen LogP contribution in [0.25, 0.3) is 0 Å². The second-order valence-electron chi connectivity index (χ2n) is 5.86. The fourth-order valence-electron chi connectivity index (χ4n) is 2.81. The molecule has 4 N–H and O–H groups in total. The van der Waals surface area contributed by atoms with Crippen LogP contribution < -0.4 is 21.3 Å². The van der Waals surface area contributed by atoms with Gasteiger partial charge >= 0.3 is 0 Å². The quantitative estimate of drug-likeness (QED) is 0.744. The number of hydrogen-bond donors (Lipinski definition) is 3. The summed E-state index contributed by atoms with van der Waals surface area (Å²) in [5.74, 6) is -0.00681. The Morgan fingerprint density at radius 3 is 2.92 bits per heavy atom. The van der Waals surface area contributed by atoms with Crippen molar-refractivity contribution in [3.63, 3.8) is 0 Å². The third kappa shape index (κ3) is 4.24. The van der Waals surface area contributed by atoms with Gasteiger partial charge in [0, 0.05) is 32.3 Å². The van der Waals surface area contributed by atoms with Crippen LogP contribution in [0.5, 0.6) is 0 Å². The Balaban J connectivity index is 1.81. The minimum atomic E-state index is -0.587. The second-order valence-corrected chi connectivity index (χ2v) is 6.84. The summed E-state index contributed by atoms with van der Waals surface area (Å²) in [5.41, 5.74) is 5.67. The molecule has 0 bridgehead atoms. The van der Waals surface area contributed by atoms with Crippen LogP contribution in [-0.4, -0.2) is 40.9 Å². The molecule has 8 nitrogen and oxygen atoms in total. The molecule has 1 saturated heterocycles. The van der Waals surface area contributed by atoms with Crippen LogP contribution in [0.15, 0.2) is 24.4 Å². The van der Waals surface area contributed by atoms with Gasteiger partial charge in [-0.15, -0.1) is 0 Å². The van der Waals surface area contributed by atoms with Crippen molar-refractivity contribution in [1.29, 1.82) is 0 Å². The number of pyridine rings is 1. The summed E-state index contributed by atoms with van der Waals surface area (Å²) in [6, 6.07) is 5.55. The first kappa shape index (κ1) is 17.2. The zero-order valence-corrected chi connectivity index (χ0v) is 14.7. The summed E-state index contributed by atoms with van der Waals surface area (Å²) < 4.78 is 0. The molecule has 25 heavy (non-hydrogen) atoms. The van der Waals surface area contributed by atoms with Gasteiger partial charge in [-0.25, -0.2) is 9.97 Å². The lowest BCUT2D eigenvalue weighted by Crippen LogP contribution is -2.47. The van der Waals surface area contributed by atoms with Crippen LogP contribution >= 0.6 is 11.3 Å². The zero-order valence-electron chi connectivity index (χ0n) is 13.9. The van der Waals surface area contributed by atoms with Gasteiger partial charge in [0.25, 0.3) is 5.91 Å². The van der Waals surface area contributed by atoms with E-state index in [1.54, 1.807) is 12.3 Å². The number of rotatable bonds is 5. The lowest BCUT2D eigenvalue weighted by atomic mass is 10.1. The standard InChI is InChI=1S/C16H20N6O2S/c1-10(23)19-11-5-4-8-22(9-11)16-21-13(14(17)24)15(25-16)20-12-6-2-3-7-18-12/h2-3,6-7,11H,4-5,8-9H2,1H3,(H2,17,24)(H,18,20)(H,19,23)/t11-/m1/s1. The van der Waals surface area contributed by atoms with E-state index in [1.807, 2.05) is 12.1 Å². The number of thiazole rings is 1. The van der Waals surface area contributed by atoms with E-state index < -0.39 is 5.91 Å². The van der Waals surface area contributed by atoms with Crippen molar-refractivity contribution in [2.75, 3.05) is 23.3 Å². The first-order chi connectivity index (χ1) is 12.0. The van der Waals surface area contributed by atoms with Gasteiger partial charge in [0.15, 0.2) is 10.8 Å². The minimum absolute atomic E-state index is 0.0404. The predicted octanol–water partition coefficient (Wildman–Crippen LogP) is 1.49. The fraction of sp³-hybridized carbons (Fsp3) is 0.375. The van der Waals surface area contributed by atoms with Gasteiger partial charge in [0.2, 0.25) is 5.91 Å². The van der Waals surface area contributed by atoms with Gasteiger partial charge in [-0.3, -0.25) is 9.59 Å². The molecule has 1 aliphatic heterocycles. The molecule has 9 heteroatoms. The molecule has 1 aliphatic rings. The third-order valence-electron chi connectivity index (χ3n) is 3.86. The number of nitrogens with zero attached hydrogens (tertiary/aromatic N) is 3. The van der Waals surface area contributed by atoms with Crippen LogP contribution in [0, 0.1) is 0 Å². The number of nitrogens with two attached hydrogens (primary N) is 1. The maximum atomic E-state index is 11.7. The monoisotopic (exact) mass is 360 g/mol. The minimum Gasteiger partial charge on any atom is -0.364 e. The third-order valence-corrected chi connectivity index (χ3v) is 4.89. The van der Waals surface area contributed by atoms with E-state index in [9.17, 15) is 9.59 Å². The van der Waals surface area contributed by atoms with Crippen LogP contribution in [-0.2, 0) is 4.79 Å². The molecule has 3 heterocycles. The number of carbonyl (C=O) groups excluding carboxylic acids is 2. The highest BCUT2D eigenvalue weighted by atomic mass is 32.1. The number of carbonyl (C=O) groups is 2. The molecule has 132 valence electrons. The summed E-state index contributed by atoms with van der Waals surface area (Å²) in [5, 5.41) is 7.33. The van der Waals surface area contributed by atoms with Gasteiger partial charge in [-0.2, -0.15) is 0 Å². The van der Waals surface area contributed by atoms with Gasteiger partial charge in [0.1, 0.15) is 10.8 Å². The van der Waals surface area contributed by atoms with Crippen molar-refractivity contribution in [3.05, 3.63) is 30.1 Å². The predicted molar refractivity (Wildman–Crippen MR) is 97.2 cm³/mol. The summed E-state index contributed by atoms with van der Waals surface area (Å²) in [7, 11) is 0. The van der Waals surface area contributed by atoms with Gasteiger partial charge in [-0.05, 0) is 25.0 Å². The molecule has 3 rings (SSSR count). The highest BCUT2D eigenvalue weighted by Crippen LogP contribution is 2.34. The van der Waals surface area contributed by atoms with E-state index in [1.165, 1.54) is 18.3 Å². The van der Waals surface area contributed by atoms with Crippen molar-refractivity contribution < 1.29 is 9.59 Å². The Morgan fingerprint density at radius 1 is 1.40 bits per heavy atom. The molecule has 2 amide bonds. The molecule has 1 fully saturated rings. The Morgan fingerprint density at radius 2 is 2.24 bits per heavy atom. The first-order valence-corrected chi connectivity index (χ1v) is 8.85. The molecule has 0 spiro atoms. The normalized spacial score (nSPS) is 17.2. The molecule has 0 radical (unpaired) electrons. The first-order valence-electron chi connectivity index (χ1n) is 8.03. The number of anilines is 3. The van der Waals surface area contributed by atoms with Crippen molar-refractivity contribution in [3.8, 4) is 0 Å². The lowest BCUT2D eigenvalue weighted by Gasteiger charge is -2.32. The Hall–Kier alpha value is -2.68. The molecule has 0 saturated carbocycles. The van der Waals surface area contributed by atoms with E-state index in [4.69, 9.17) is 5.73 Å². The average Bonchev–Trinajstić information content (AvgIpc) is 2.99. The lowest BCUT2D eigenvalue weighted by molar-refractivity contribution is -0.119. The maximum absolute atomic E-state index is 11.7. The molecule has 2 aromatic heterocycles. The Bertz CT molecular complexity index is 763. The van der Waals surface area contributed by atoms with Gasteiger partial charge in [-0.1, -0.05) is 17.4 Å². The van der Waals surface area contributed by atoms with Gasteiger partial charge in [0.05, 0.1) is 0 Å². The molecule has 0 aliphatic carbocycles. The van der Waals surface area contributed by atoms with Crippen LogP contribution in [0.4, 0.5) is 16.0 Å². The molecule has 0 unspecified atom stereocenters. The van der Waals surface area contributed by atoms with Crippen LogP contribution in [0.2, 0.25) is 0 Å². The summed E-state index contributed by atoms with van der Waals surface area (Å²) in [4.78, 5) is 33.7. The average molecular weight is 360 g/mol. The van der Waals surface area contributed by atoms with Crippen molar-refractivity contribution in [1.82, 2.24) is 15.3 Å². The number of primary amides is 1. The summed E-state index contributed by atoms with van der Waals surface area (Å²) in [6.45, 7) is 3.00. The van der Waals surface area contributed by atoms with E-state index >= 15 is 0 Å². The highest BCUT2D eigenvalue weighted by molar-refractivity contribution is 7.20. The summed E-state index contributed by atoms with van der Waals surface area (Å²) >= 11 is 1.36. The smallest absolute Gasteiger partial charge is 0.270 e. The van der Waals surface area contributed by atoms with Crippen molar-refractivity contribution >= 4 is 39.1 Å². The van der Waals surface area contributed by atoms with E-state index in [-0.39, 0.29) is 17.6 Å². The Labute approximate surface area is 149 Å². The highest BCUT2D eigenvalue weighted by Gasteiger charge is 2.25. The van der Waals surface area contributed by atoms with Crippen molar-refractivity contribution in [2.24, 2.45) is 5.73 Å². The fourth-order valence-corrected chi connectivity index (χ4v) is 3.82. The molecular weight excluding hydrogens is 340 g/mol. The molecule has 0 aromatic carbocycles. The SMILES string of the molecule is CC(=O)N[C@@H]1CCCN(c2nc(C(N)=O)c(Nc3ccccn3)s2)C1. The largest absolute Gasteiger partial charge is 0.364 e. The number of piperidine rings is 1. The van der Waals surface area contributed by atoms with E-state index in [0.29, 0.717) is 22.5 Å². The van der Waals surface area contributed by atoms with Crippen LogP contribution in [0.1, 0.15) is 30.3 Å². The van der Waals surface area contributed by atoms with Crippen molar-refractivity contribution in [2.45, 2.75) is 25.8 Å². The topological polar surface area (TPSA) is 113 Å². The zero-order chi connectivity index (χ0) is 17.8. The van der Waals surface area contributed by atoms with E-state index in [0.717, 1.165) is 19.4 Å². The number of amides is 2. The summed E-state index contributed by atoms with van der Waals surface area (Å²) in [6.07, 6.45) is 3.54. The molecule has 1 atom stereocenters. The second kappa shape index (κ2) is 7.47. The molecule has 2 aromatic rings. The maximum Gasteiger partial charge on any atom is 0.270 e. The van der Waals surface area contributed by atoms with E-state index in [2.05, 4.69) is 25.5 Å². The van der Waals surface area contributed by atoms with Crippen LogP contribution in [0.3, 0.4) is 0 Å². The number of nitrogens with one attached hydrogen (secondary N) is 2. The molecular formula is C16H20N6O2S. The number of aromatic nitrogens is 2. The number of hydrogen-bond acceptors (Lipinski definition) is 7. The Kier molecular flexibility index (Phi) is 5.13.